The van der Waals surface area contributed by atoms with Crippen molar-refractivity contribution in [1.29, 1.82) is 0 Å². The van der Waals surface area contributed by atoms with Crippen LogP contribution < -0.4 is 10.3 Å². The number of para-hydroxylation sites is 1. The number of fused-ring (bicyclic) bond motifs is 1. The number of nitrogens with zero attached hydrogens (tertiary/aromatic N) is 5. The number of hydrogen-bond donors (Lipinski definition) is 1. The molecule has 3 heterocycles. The Kier molecular flexibility index (Phi) is 6.07. The molecule has 0 atom stereocenters. The van der Waals surface area contributed by atoms with Crippen LogP contribution in [0.25, 0.3) is 16.7 Å². The van der Waals surface area contributed by atoms with Gasteiger partial charge in [-0.3, -0.25) is 4.79 Å². The fourth-order valence-electron chi connectivity index (χ4n) is 4.16. The van der Waals surface area contributed by atoms with Crippen LogP contribution in [0.4, 0.5) is 17.3 Å². The summed E-state index contributed by atoms with van der Waals surface area (Å²) in [5.41, 5.74) is 3.80. The summed E-state index contributed by atoms with van der Waals surface area (Å²) in [4.78, 5) is 21.3. The van der Waals surface area contributed by atoms with Gasteiger partial charge >= 0.3 is 0 Å². The van der Waals surface area contributed by atoms with Crippen LogP contribution in [0.3, 0.4) is 0 Å². The van der Waals surface area contributed by atoms with Gasteiger partial charge in [0.15, 0.2) is 0 Å². The molecule has 0 aliphatic carbocycles. The second-order valence-electron chi connectivity index (χ2n) is 8.04. The van der Waals surface area contributed by atoms with E-state index in [1.807, 2.05) is 49.4 Å². The van der Waals surface area contributed by atoms with E-state index in [0.29, 0.717) is 19.2 Å². The van der Waals surface area contributed by atoms with Crippen molar-refractivity contribution in [3.8, 4) is 5.82 Å². The number of aryl methyl sites for hydroxylation is 1. The molecule has 1 aliphatic rings. The lowest BCUT2D eigenvalue weighted by Gasteiger charge is -2.37. The monoisotopic (exact) mass is 454 g/mol. The molecule has 0 spiro atoms. The van der Waals surface area contributed by atoms with Crippen LogP contribution in [0.15, 0.2) is 79.6 Å². The molecule has 1 N–H and O–H groups in total. The zero-order valence-electron chi connectivity index (χ0n) is 19.0. The molecule has 8 heteroatoms. The third-order valence-corrected chi connectivity index (χ3v) is 5.79. The maximum absolute atomic E-state index is 11.7. The first-order valence-electron chi connectivity index (χ1n) is 11.2. The molecule has 8 nitrogen and oxygen atoms in total. The summed E-state index contributed by atoms with van der Waals surface area (Å²) in [6.45, 7) is 8.40. The van der Waals surface area contributed by atoms with E-state index in [0.717, 1.165) is 46.7 Å². The summed E-state index contributed by atoms with van der Waals surface area (Å²) in [7, 11) is 0. The Morgan fingerprint density at radius 3 is 2.71 bits per heavy atom. The topological polar surface area (TPSA) is 75.5 Å². The molecule has 172 valence electrons. The minimum absolute atomic E-state index is 0.235. The fourth-order valence-corrected chi connectivity index (χ4v) is 4.16. The van der Waals surface area contributed by atoms with Gasteiger partial charge in [-0.1, -0.05) is 24.8 Å². The van der Waals surface area contributed by atoms with E-state index in [9.17, 15) is 4.79 Å². The Morgan fingerprint density at radius 2 is 1.94 bits per heavy atom. The van der Waals surface area contributed by atoms with E-state index in [1.165, 1.54) is 6.08 Å². The molecule has 0 saturated carbocycles. The predicted molar refractivity (Wildman–Crippen MR) is 133 cm³/mol. The third kappa shape index (κ3) is 4.28. The number of carbonyl (C=O) groups excluding carboxylic acids is 1. The first-order chi connectivity index (χ1) is 16.6. The van der Waals surface area contributed by atoms with Crippen molar-refractivity contribution < 1.29 is 9.53 Å². The average Bonchev–Trinajstić information content (AvgIpc) is 3.21. The molecule has 1 amide bonds. The van der Waals surface area contributed by atoms with Gasteiger partial charge in [0.05, 0.1) is 24.4 Å². The zero-order valence-corrected chi connectivity index (χ0v) is 19.0. The van der Waals surface area contributed by atoms with Crippen molar-refractivity contribution in [3.63, 3.8) is 0 Å². The van der Waals surface area contributed by atoms with Gasteiger partial charge in [0.1, 0.15) is 5.82 Å². The van der Waals surface area contributed by atoms with E-state index < -0.39 is 0 Å². The lowest BCUT2D eigenvalue weighted by Crippen LogP contribution is -2.47. The molecular weight excluding hydrogens is 428 g/mol. The average molecular weight is 455 g/mol. The summed E-state index contributed by atoms with van der Waals surface area (Å²) >= 11 is 0. The predicted octanol–water partition coefficient (Wildman–Crippen LogP) is 4.24. The molecule has 0 bridgehead atoms. The van der Waals surface area contributed by atoms with Crippen molar-refractivity contribution in [2.24, 2.45) is 0 Å². The van der Waals surface area contributed by atoms with Crippen molar-refractivity contribution in [2.45, 2.75) is 6.92 Å². The van der Waals surface area contributed by atoms with Gasteiger partial charge in [-0.25, -0.2) is 15.0 Å². The molecule has 2 aromatic carbocycles. The minimum Gasteiger partial charge on any atom is -0.379 e. The molecule has 5 rings (SSSR count). The number of carbonyl (C=O) groups is 1. The van der Waals surface area contributed by atoms with Crippen molar-refractivity contribution in [3.05, 3.63) is 85.2 Å². The number of ether oxygens (including phenoxy) is 1. The van der Waals surface area contributed by atoms with Gasteiger partial charge in [0, 0.05) is 36.6 Å². The summed E-state index contributed by atoms with van der Waals surface area (Å²) in [6, 6.07) is 17.9. The highest BCUT2D eigenvalue weighted by atomic mass is 16.5. The first kappa shape index (κ1) is 21.8. The van der Waals surface area contributed by atoms with Gasteiger partial charge in [-0.05, 0) is 55.0 Å². The molecule has 0 unspecified atom stereocenters. The summed E-state index contributed by atoms with van der Waals surface area (Å²) in [6.07, 6.45) is 5.10. The number of hydrogen-bond acceptors (Lipinski definition) is 6. The van der Waals surface area contributed by atoms with E-state index in [1.54, 1.807) is 6.20 Å². The maximum atomic E-state index is 11.7. The van der Waals surface area contributed by atoms with Gasteiger partial charge < -0.3 is 14.6 Å². The molecular formula is C26H26N6O2. The molecule has 1 aliphatic heterocycles. The van der Waals surface area contributed by atoms with Crippen molar-refractivity contribution in [2.75, 3.05) is 36.6 Å². The van der Waals surface area contributed by atoms with E-state index in [-0.39, 0.29) is 5.91 Å². The molecule has 1 fully saturated rings. The molecule has 1 saturated heterocycles. The summed E-state index contributed by atoms with van der Waals surface area (Å²) in [5, 5.41) is 8.14. The number of aromatic nitrogens is 3. The second-order valence-corrected chi connectivity index (χ2v) is 8.04. The number of hydrazine groups is 1. The van der Waals surface area contributed by atoms with Crippen LogP contribution in [0.5, 0.6) is 0 Å². The molecule has 0 radical (unpaired) electrons. The molecule has 34 heavy (non-hydrogen) atoms. The number of amides is 1. The van der Waals surface area contributed by atoms with E-state index in [2.05, 4.69) is 49.8 Å². The number of morpholine rings is 1. The first-order valence-corrected chi connectivity index (χ1v) is 11.2. The van der Waals surface area contributed by atoms with Crippen LogP contribution in [0.1, 0.15) is 5.56 Å². The standard InChI is InChI=1S/C26H26N6O2/c1-3-25(33)28-20-9-10-23-22(17-20)19(2)18-31(23)24-11-12-27-26(29-24)32(21-7-5-4-6-8-21)30-13-15-34-16-14-30/h3-12,17-18H,1,13-16H2,2H3,(H,28,33). The Labute approximate surface area is 198 Å². The zero-order chi connectivity index (χ0) is 23.5. The highest BCUT2D eigenvalue weighted by molar-refractivity contribution is 6.00. The Bertz CT molecular complexity index is 1330. The minimum atomic E-state index is -0.235. The van der Waals surface area contributed by atoms with Crippen molar-refractivity contribution >= 4 is 34.1 Å². The SMILES string of the molecule is C=CC(=O)Nc1ccc2c(c1)c(C)cn2-c1ccnc(N(c2ccccc2)N2CCOCC2)n1. The third-order valence-electron chi connectivity index (χ3n) is 5.79. The highest BCUT2D eigenvalue weighted by Crippen LogP contribution is 2.29. The number of nitrogens with one attached hydrogen (secondary N) is 1. The van der Waals surface area contributed by atoms with Crippen LogP contribution in [-0.2, 0) is 9.53 Å². The number of benzene rings is 2. The molecule has 2 aromatic heterocycles. The van der Waals surface area contributed by atoms with Crippen molar-refractivity contribution in [1.82, 2.24) is 19.5 Å². The smallest absolute Gasteiger partial charge is 0.247 e. The van der Waals surface area contributed by atoms with E-state index in [4.69, 9.17) is 9.72 Å². The van der Waals surface area contributed by atoms with Crippen LogP contribution in [-0.4, -0.2) is 51.8 Å². The number of rotatable bonds is 6. The Balaban J connectivity index is 1.55. The fraction of sp³-hybridized carbons (Fsp3) is 0.192. The normalized spacial score (nSPS) is 14.1. The van der Waals surface area contributed by atoms with Crippen LogP contribution in [0, 0.1) is 6.92 Å². The lowest BCUT2D eigenvalue weighted by molar-refractivity contribution is -0.111. The summed E-state index contributed by atoms with van der Waals surface area (Å²) < 4.78 is 7.61. The highest BCUT2D eigenvalue weighted by Gasteiger charge is 2.23. The van der Waals surface area contributed by atoms with Gasteiger partial charge in [0.2, 0.25) is 11.9 Å². The molecule has 4 aromatic rings. The lowest BCUT2D eigenvalue weighted by atomic mass is 10.2. The Hall–Kier alpha value is -4.01. The van der Waals surface area contributed by atoms with E-state index >= 15 is 0 Å². The van der Waals surface area contributed by atoms with Gasteiger partial charge in [0.25, 0.3) is 0 Å². The summed E-state index contributed by atoms with van der Waals surface area (Å²) in [5.74, 6) is 1.13. The maximum Gasteiger partial charge on any atom is 0.247 e. The Morgan fingerprint density at radius 1 is 1.15 bits per heavy atom. The largest absolute Gasteiger partial charge is 0.379 e. The van der Waals surface area contributed by atoms with Crippen LogP contribution in [0.2, 0.25) is 0 Å². The number of anilines is 3. The van der Waals surface area contributed by atoms with Gasteiger partial charge in [-0.2, -0.15) is 4.98 Å². The van der Waals surface area contributed by atoms with Gasteiger partial charge in [-0.15, -0.1) is 0 Å². The second kappa shape index (κ2) is 9.46. The van der Waals surface area contributed by atoms with Crippen LogP contribution >= 0.6 is 0 Å². The quantitative estimate of drug-likeness (QED) is 0.439.